The van der Waals surface area contributed by atoms with Gasteiger partial charge in [-0.15, -0.1) is 0 Å². The molecule has 0 bridgehead atoms. The van der Waals surface area contributed by atoms with Crippen LogP contribution in [0.2, 0.25) is 0 Å². The molecule has 0 unspecified atom stereocenters. The second kappa shape index (κ2) is 9.23. The van der Waals surface area contributed by atoms with Crippen molar-refractivity contribution in [1.82, 2.24) is 4.90 Å². The van der Waals surface area contributed by atoms with Gasteiger partial charge in [0.2, 0.25) is 0 Å². The smallest absolute Gasteiger partial charge is 0.340 e. The van der Waals surface area contributed by atoms with Gasteiger partial charge in [0.1, 0.15) is 0 Å². The van der Waals surface area contributed by atoms with Crippen LogP contribution in [-0.4, -0.2) is 43.1 Å². The van der Waals surface area contributed by atoms with E-state index in [4.69, 9.17) is 9.47 Å². The maximum absolute atomic E-state index is 13.1. The van der Waals surface area contributed by atoms with Crippen molar-refractivity contribution in [2.24, 2.45) is 0 Å². The second-order valence-corrected chi connectivity index (χ2v) is 6.63. The number of urea groups is 1. The first-order valence-corrected chi connectivity index (χ1v) is 9.53. The van der Waals surface area contributed by atoms with Crippen LogP contribution < -0.4 is 5.32 Å². The molecule has 3 rings (SSSR count). The SMILES string of the molecule is CCOC(=O)c1ccccc1NC(=O)N1CCc2ccccc2[C@@H]1CC(=O)OC. The Kier molecular flexibility index (Phi) is 6.49. The van der Waals surface area contributed by atoms with Crippen molar-refractivity contribution in [3.8, 4) is 0 Å². The van der Waals surface area contributed by atoms with E-state index in [1.165, 1.54) is 7.11 Å². The summed E-state index contributed by atoms with van der Waals surface area (Å²) in [5, 5.41) is 2.81. The summed E-state index contributed by atoms with van der Waals surface area (Å²) in [6.07, 6.45) is 0.737. The number of hydrogen-bond donors (Lipinski definition) is 1. The first-order chi connectivity index (χ1) is 14.0. The van der Waals surface area contributed by atoms with E-state index in [9.17, 15) is 14.4 Å². The molecule has 7 heteroatoms. The lowest BCUT2D eigenvalue weighted by molar-refractivity contribution is -0.141. The summed E-state index contributed by atoms with van der Waals surface area (Å²) in [5.74, 6) is -0.894. The molecule has 0 spiro atoms. The fraction of sp³-hybridized carbons (Fsp3) is 0.318. The third-order valence-corrected chi connectivity index (χ3v) is 4.92. The highest BCUT2D eigenvalue weighted by Crippen LogP contribution is 2.33. The molecule has 2 aromatic rings. The molecule has 1 aliphatic heterocycles. The van der Waals surface area contributed by atoms with Gasteiger partial charge in [-0.1, -0.05) is 36.4 Å². The fourth-order valence-electron chi connectivity index (χ4n) is 3.52. The number of nitrogens with one attached hydrogen (secondary N) is 1. The molecule has 29 heavy (non-hydrogen) atoms. The number of esters is 2. The summed E-state index contributed by atoms with van der Waals surface area (Å²) in [5.41, 5.74) is 2.69. The number of carbonyl (C=O) groups excluding carboxylic acids is 3. The lowest BCUT2D eigenvalue weighted by Crippen LogP contribution is -2.43. The Bertz CT molecular complexity index is 912. The lowest BCUT2D eigenvalue weighted by atomic mass is 9.91. The van der Waals surface area contributed by atoms with Gasteiger partial charge in [-0.3, -0.25) is 4.79 Å². The number of fused-ring (bicyclic) bond motifs is 1. The number of para-hydroxylation sites is 1. The van der Waals surface area contributed by atoms with E-state index < -0.39 is 18.0 Å². The zero-order chi connectivity index (χ0) is 20.8. The van der Waals surface area contributed by atoms with Crippen LogP contribution in [0, 0.1) is 0 Å². The van der Waals surface area contributed by atoms with E-state index in [-0.39, 0.29) is 24.6 Å². The molecule has 0 radical (unpaired) electrons. The lowest BCUT2D eigenvalue weighted by Gasteiger charge is -2.37. The molecule has 1 N–H and O–H groups in total. The number of ether oxygens (including phenoxy) is 2. The first-order valence-electron chi connectivity index (χ1n) is 9.53. The minimum atomic E-state index is -0.501. The van der Waals surface area contributed by atoms with Gasteiger partial charge >= 0.3 is 18.0 Å². The Morgan fingerprint density at radius 3 is 2.59 bits per heavy atom. The standard InChI is InChI=1S/C22H24N2O5/c1-3-29-21(26)17-10-6-7-11-18(17)23-22(27)24-13-12-15-8-4-5-9-16(15)19(24)14-20(25)28-2/h4-11,19H,3,12-14H2,1-2H3,(H,23,27)/t19-/m0/s1. The second-order valence-electron chi connectivity index (χ2n) is 6.63. The molecule has 0 saturated carbocycles. The summed E-state index contributed by atoms with van der Waals surface area (Å²) in [6, 6.07) is 13.6. The van der Waals surface area contributed by atoms with E-state index >= 15 is 0 Å². The van der Waals surface area contributed by atoms with E-state index in [0.29, 0.717) is 18.7 Å². The molecule has 0 fully saturated rings. The normalized spacial score (nSPS) is 15.2. The number of hydrogen-bond acceptors (Lipinski definition) is 5. The highest BCUT2D eigenvalue weighted by atomic mass is 16.5. The molecular weight excluding hydrogens is 372 g/mol. The maximum Gasteiger partial charge on any atom is 0.340 e. The summed E-state index contributed by atoms with van der Waals surface area (Å²) in [7, 11) is 1.33. The highest BCUT2D eigenvalue weighted by Gasteiger charge is 2.33. The average Bonchev–Trinajstić information content (AvgIpc) is 2.74. The van der Waals surface area contributed by atoms with Crippen LogP contribution in [0.5, 0.6) is 0 Å². The minimum Gasteiger partial charge on any atom is -0.469 e. The van der Waals surface area contributed by atoms with Crippen LogP contribution in [0.4, 0.5) is 10.5 Å². The monoisotopic (exact) mass is 396 g/mol. The van der Waals surface area contributed by atoms with Crippen molar-refractivity contribution in [2.45, 2.75) is 25.8 Å². The molecule has 2 amide bonds. The number of methoxy groups -OCH3 is 1. The third-order valence-electron chi connectivity index (χ3n) is 4.92. The van der Waals surface area contributed by atoms with Crippen molar-refractivity contribution in [3.63, 3.8) is 0 Å². The van der Waals surface area contributed by atoms with Gasteiger partial charge in [-0.05, 0) is 36.6 Å². The van der Waals surface area contributed by atoms with Crippen molar-refractivity contribution in [3.05, 3.63) is 65.2 Å². The molecular formula is C22H24N2O5. The number of nitrogens with zero attached hydrogens (tertiary/aromatic N) is 1. The number of amides is 2. The van der Waals surface area contributed by atoms with Crippen LogP contribution >= 0.6 is 0 Å². The largest absolute Gasteiger partial charge is 0.469 e. The Morgan fingerprint density at radius 1 is 1.10 bits per heavy atom. The van der Waals surface area contributed by atoms with Gasteiger partial charge in [-0.25, -0.2) is 9.59 Å². The number of benzene rings is 2. The quantitative estimate of drug-likeness (QED) is 0.781. The van der Waals surface area contributed by atoms with Crippen LogP contribution in [0.1, 0.15) is 40.9 Å². The molecule has 0 aliphatic carbocycles. The van der Waals surface area contributed by atoms with Crippen LogP contribution in [0.25, 0.3) is 0 Å². The molecule has 2 aromatic carbocycles. The Morgan fingerprint density at radius 2 is 1.83 bits per heavy atom. The first kappa shape index (κ1) is 20.4. The third kappa shape index (κ3) is 4.56. The Labute approximate surface area is 169 Å². The molecule has 152 valence electrons. The molecule has 1 aliphatic rings. The highest BCUT2D eigenvalue weighted by molar-refractivity contribution is 6.01. The summed E-state index contributed by atoms with van der Waals surface area (Å²) < 4.78 is 9.90. The number of anilines is 1. The predicted octanol–water partition coefficient (Wildman–Crippen LogP) is 3.56. The van der Waals surface area contributed by atoms with Gasteiger partial charge in [0.05, 0.1) is 37.4 Å². The maximum atomic E-state index is 13.1. The van der Waals surface area contributed by atoms with E-state index in [1.807, 2.05) is 24.3 Å². The van der Waals surface area contributed by atoms with Crippen LogP contribution in [-0.2, 0) is 20.7 Å². The molecule has 1 atom stereocenters. The van der Waals surface area contributed by atoms with Crippen molar-refractivity contribution in [1.29, 1.82) is 0 Å². The fourth-order valence-corrected chi connectivity index (χ4v) is 3.52. The summed E-state index contributed by atoms with van der Waals surface area (Å²) in [6.45, 7) is 2.42. The average molecular weight is 396 g/mol. The van der Waals surface area contributed by atoms with Gasteiger partial charge in [0.15, 0.2) is 0 Å². The number of carbonyl (C=O) groups is 3. The van der Waals surface area contributed by atoms with Gasteiger partial charge < -0.3 is 19.7 Å². The van der Waals surface area contributed by atoms with Crippen LogP contribution in [0.15, 0.2) is 48.5 Å². The summed E-state index contributed by atoms with van der Waals surface area (Å²) >= 11 is 0. The minimum absolute atomic E-state index is 0.0560. The van der Waals surface area contributed by atoms with Crippen molar-refractivity contribution in [2.75, 3.05) is 25.6 Å². The molecule has 0 aromatic heterocycles. The van der Waals surface area contributed by atoms with Crippen molar-refractivity contribution >= 4 is 23.7 Å². The van der Waals surface area contributed by atoms with Gasteiger partial charge in [0, 0.05) is 6.54 Å². The molecule has 7 nitrogen and oxygen atoms in total. The summed E-state index contributed by atoms with van der Waals surface area (Å²) in [4.78, 5) is 38.9. The zero-order valence-electron chi connectivity index (χ0n) is 16.5. The van der Waals surface area contributed by atoms with Crippen LogP contribution in [0.3, 0.4) is 0 Å². The van der Waals surface area contributed by atoms with E-state index in [2.05, 4.69) is 5.32 Å². The van der Waals surface area contributed by atoms with E-state index in [0.717, 1.165) is 11.1 Å². The van der Waals surface area contributed by atoms with Gasteiger partial charge in [-0.2, -0.15) is 0 Å². The molecule has 0 saturated heterocycles. The molecule has 1 heterocycles. The van der Waals surface area contributed by atoms with E-state index in [1.54, 1.807) is 36.1 Å². The Balaban J connectivity index is 1.86. The zero-order valence-corrected chi connectivity index (χ0v) is 16.5. The Hall–Kier alpha value is -3.35. The van der Waals surface area contributed by atoms with Crippen molar-refractivity contribution < 1.29 is 23.9 Å². The predicted molar refractivity (Wildman–Crippen MR) is 108 cm³/mol. The van der Waals surface area contributed by atoms with Gasteiger partial charge in [0.25, 0.3) is 0 Å². The number of rotatable bonds is 5. The topological polar surface area (TPSA) is 84.9 Å².